The lowest BCUT2D eigenvalue weighted by atomic mass is 10.2. The van der Waals surface area contributed by atoms with E-state index in [0.29, 0.717) is 22.4 Å². The van der Waals surface area contributed by atoms with Crippen molar-refractivity contribution in [1.29, 1.82) is 0 Å². The highest BCUT2D eigenvalue weighted by Gasteiger charge is 2.17. The van der Waals surface area contributed by atoms with Crippen LogP contribution in [0.4, 0.5) is 14.5 Å². The number of rotatable bonds is 3. The van der Waals surface area contributed by atoms with Crippen LogP contribution in [0.1, 0.15) is 10.4 Å². The molecule has 4 aromatic rings. The molecule has 0 radical (unpaired) electrons. The fourth-order valence-electron chi connectivity index (χ4n) is 2.81. The number of hydrogen-bond donors (Lipinski definition) is 2. The Kier molecular flexibility index (Phi) is 6.93. The second kappa shape index (κ2) is 9.53. The van der Waals surface area contributed by atoms with Gasteiger partial charge in [0.05, 0.1) is 16.1 Å². The summed E-state index contributed by atoms with van der Waals surface area (Å²) in [5.74, 6) is -2.40. The molecule has 2 N–H and O–H groups in total. The van der Waals surface area contributed by atoms with Crippen molar-refractivity contribution in [3.63, 3.8) is 0 Å². The highest BCUT2D eigenvalue weighted by atomic mass is 127. The number of carbonyl (C=O) groups excluding carboxylic acids is 1. The molecule has 5 nitrogen and oxygen atoms in total. The molecule has 0 bridgehead atoms. The molecule has 0 aliphatic rings. The van der Waals surface area contributed by atoms with Crippen molar-refractivity contribution in [1.82, 2.24) is 10.3 Å². The van der Waals surface area contributed by atoms with Crippen LogP contribution in [0, 0.1) is 18.8 Å². The summed E-state index contributed by atoms with van der Waals surface area (Å²) < 4.78 is 34.3. The number of benzene rings is 3. The Morgan fingerprint density at radius 1 is 1.06 bits per heavy atom. The van der Waals surface area contributed by atoms with E-state index in [1.54, 1.807) is 24.3 Å². The molecule has 1 aromatic heterocycles. The van der Waals surface area contributed by atoms with Gasteiger partial charge < -0.3 is 9.73 Å². The van der Waals surface area contributed by atoms with Gasteiger partial charge in [0, 0.05) is 12.8 Å². The van der Waals surface area contributed by atoms with E-state index in [-0.39, 0.29) is 27.5 Å². The van der Waals surface area contributed by atoms with Crippen molar-refractivity contribution in [2.75, 3.05) is 5.32 Å². The summed E-state index contributed by atoms with van der Waals surface area (Å²) >= 11 is 15.5. The number of halogens is 5. The summed E-state index contributed by atoms with van der Waals surface area (Å²) in [6.07, 6.45) is 0. The van der Waals surface area contributed by atoms with Crippen molar-refractivity contribution in [2.45, 2.75) is 0 Å². The Bertz CT molecular complexity index is 1400. The van der Waals surface area contributed by atoms with Gasteiger partial charge in [-0.3, -0.25) is 10.1 Å². The minimum absolute atomic E-state index is 0.0251. The maximum absolute atomic E-state index is 13.6. The molecule has 0 saturated carbocycles. The fraction of sp³-hybridized carbons (Fsp3) is 0. The molecule has 3 aromatic carbocycles. The van der Waals surface area contributed by atoms with Gasteiger partial charge in [0.25, 0.3) is 5.91 Å². The van der Waals surface area contributed by atoms with Gasteiger partial charge in [0.15, 0.2) is 22.3 Å². The Balaban J connectivity index is 1.53. The maximum atomic E-state index is 13.6. The molecule has 1 heterocycles. The highest BCUT2D eigenvalue weighted by Crippen LogP contribution is 2.32. The molecule has 0 saturated heterocycles. The first-order chi connectivity index (χ1) is 15.2. The topological polar surface area (TPSA) is 67.2 Å². The molecule has 11 heteroatoms. The first kappa shape index (κ1) is 23.3. The van der Waals surface area contributed by atoms with E-state index in [1.807, 2.05) is 12.1 Å². The maximum Gasteiger partial charge on any atom is 0.258 e. The molecule has 0 aliphatic carbocycles. The predicted octanol–water partition coefficient (Wildman–Crippen LogP) is 6.76. The zero-order valence-electron chi connectivity index (χ0n) is 15.7. The first-order valence-electron chi connectivity index (χ1n) is 8.84. The third kappa shape index (κ3) is 5.02. The molecule has 0 aliphatic heterocycles. The number of carbonyl (C=O) groups is 1. The molecule has 4 rings (SSSR count). The molecule has 0 atom stereocenters. The fourth-order valence-corrected chi connectivity index (χ4v) is 4.32. The van der Waals surface area contributed by atoms with Crippen LogP contribution in [0.25, 0.3) is 22.6 Å². The van der Waals surface area contributed by atoms with E-state index < -0.39 is 11.6 Å². The minimum atomic E-state index is -1.06. The van der Waals surface area contributed by atoms with E-state index in [1.165, 1.54) is 0 Å². The number of aromatic nitrogens is 1. The molecule has 0 unspecified atom stereocenters. The Hall–Kier alpha value is -1.90. The van der Waals surface area contributed by atoms with Crippen molar-refractivity contribution in [3.8, 4) is 11.5 Å². The Morgan fingerprint density at radius 3 is 2.59 bits per heavy atom. The smallest absolute Gasteiger partial charge is 0.258 e. The number of thiocarbonyl (C=S) groups is 1. The van der Waals surface area contributed by atoms with Crippen LogP contribution in [0.3, 0.4) is 0 Å². The van der Waals surface area contributed by atoms with Crippen LogP contribution in [0.15, 0.2) is 52.9 Å². The van der Waals surface area contributed by atoms with Crippen LogP contribution in [0.2, 0.25) is 5.02 Å². The Morgan fingerprint density at radius 2 is 1.81 bits per heavy atom. The lowest BCUT2D eigenvalue weighted by molar-refractivity contribution is 0.0977. The minimum Gasteiger partial charge on any atom is -0.436 e. The van der Waals surface area contributed by atoms with Crippen molar-refractivity contribution < 1.29 is 18.0 Å². The highest BCUT2D eigenvalue weighted by molar-refractivity contribution is 14.1. The summed E-state index contributed by atoms with van der Waals surface area (Å²) in [5.41, 5.74) is 2.05. The molecular weight excluding hydrogens is 686 g/mol. The van der Waals surface area contributed by atoms with Crippen LogP contribution in [0.5, 0.6) is 0 Å². The monoisotopic (exact) mass is 695 g/mol. The van der Waals surface area contributed by atoms with Gasteiger partial charge in [-0.05, 0) is 106 Å². The molecule has 32 heavy (non-hydrogen) atoms. The number of oxazole rings is 1. The summed E-state index contributed by atoms with van der Waals surface area (Å²) in [7, 11) is 0. The first-order valence-corrected chi connectivity index (χ1v) is 11.8. The van der Waals surface area contributed by atoms with E-state index >= 15 is 0 Å². The lowest BCUT2D eigenvalue weighted by Crippen LogP contribution is -2.34. The number of nitrogens with one attached hydrogen (secondary N) is 2. The molecule has 1 amide bonds. The summed E-state index contributed by atoms with van der Waals surface area (Å²) in [4.78, 5) is 16.8. The lowest BCUT2D eigenvalue weighted by Gasteiger charge is -2.10. The standard InChI is InChI=1S/C21H10ClF2I2N3O2S/c22-13-8-15(24)14(23)7-11(13)20-28-17-6-10(2-4-18(17)31-20)27-21(32)29-19(30)12-5-9(25)1-3-16(12)26/h1-8H,(H2,27,29,30,32). The second-order valence-corrected chi connectivity index (χ2v) is 9.70. The average molecular weight is 696 g/mol. The number of amides is 1. The quantitative estimate of drug-likeness (QED) is 0.141. The zero-order valence-corrected chi connectivity index (χ0v) is 21.6. The molecule has 0 spiro atoms. The van der Waals surface area contributed by atoms with Gasteiger partial charge in [0.2, 0.25) is 5.89 Å². The van der Waals surface area contributed by atoms with E-state index in [0.717, 1.165) is 19.3 Å². The van der Waals surface area contributed by atoms with Crippen molar-refractivity contribution in [3.05, 3.63) is 77.9 Å². The predicted molar refractivity (Wildman–Crippen MR) is 140 cm³/mol. The summed E-state index contributed by atoms with van der Waals surface area (Å²) in [6.45, 7) is 0. The molecule has 162 valence electrons. The second-order valence-electron chi connectivity index (χ2n) is 6.48. The largest absolute Gasteiger partial charge is 0.436 e. The van der Waals surface area contributed by atoms with E-state index in [2.05, 4.69) is 60.8 Å². The van der Waals surface area contributed by atoms with Gasteiger partial charge in [-0.1, -0.05) is 11.6 Å². The third-order valence-electron chi connectivity index (χ3n) is 4.29. The number of hydrogen-bond acceptors (Lipinski definition) is 4. The normalized spacial score (nSPS) is 10.9. The van der Waals surface area contributed by atoms with Gasteiger partial charge >= 0.3 is 0 Å². The molecule has 0 fully saturated rings. The van der Waals surface area contributed by atoms with E-state index in [4.69, 9.17) is 28.2 Å². The van der Waals surface area contributed by atoms with Crippen LogP contribution in [-0.2, 0) is 0 Å². The summed E-state index contributed by atoms with van der Waals surface area (Å²) in [5, 5.41) is 5.65. The molecular formula is C21H10ClF2I2N3O2S. The van der Waals surface area contributed by atoms with Crippen LogP contribution >= 0.6 is 69.0 Å². The third-order valence-corrected chi connectivity index (χ3v) is 6.41. The van der Waals surface area contributed by atoms with Gasteiger partial charge in [-0.2, -0.15) is 0 Å². The average Bonchev–Trinajstić information content (AvgIpc) is 3.15. The zero-order chi connectivity index (χ0) is 23.0. The number of anilines is 1. The number of nitrogens with zero attached hydrogens (tertiary/aromatic N) is 1. The van der Waals surface area contributed by atoms with Gasteiger partial charge in [0.1, 0.15) is 5.52 Å². The Labute approximate surface area is 218 Å². The van der Waals surface area contributed by atoms with E-state index in [9.17, 15) is 13.6 Å². The van der Waals surface area contributed by atoms with Gasteiger partial charge in [-0.25, -0.2) is 13.8 Å². The van der Waals surface area contributed by atoms with Gasteiger partial charge in [-0.15, -0.1) is 0 Å². The van der Waals surface area contributed by atoms with Crippen molar-refractivity contribution in [2.24, 2.45) is 0 Å². The van der Waals surface area contributed by atoms with Crippen LogP contribution in [-0.4, -0.2) is 16.0 Å². The number of fused-ring (bicyclic) bond motifs is 1. The summed E-state index contributed by atoms with van der Waals surface area (Å²) in [6, 6.07) is 12.3. The van der Waals surface area contributed by atoms with Crippen LogP contribution < -0.4 is 10.6 Å². The van der Waals surface area contributed by atoms with Crippen molar-refractivity contribution >= 4 is 96.8 Å². The SMILES string of the molecule is O=C(NC(=S)Nc1ccc2oc(-c3cc(F)c(F)cc3Cl)nc2c1)c1cc(I)ccc1I.